The number of fused-ring (bicyclic) bond motifs is 1. The highest BCUT2D eigenvalue weighted by Crippen LogP contribution is 2.35. The number of nitrogens with one attached hydrogen (secondary N) is 1. The first-order valence-corrected chi connectivity index (χ1v) is 7.71. The summed E-state index contributed by atoms with van der Waals surface area (Å²) in [6, 6.07) is 10.6. The van der Waals surface area contributed by atoms with E-state index in [1.54, 1.807) is 11.3 Å². The first-order valence-electron chi connectivity index (χ1n) is 6.04. The van der Waals surface area contributed by atoms with Gasteiger partial charge in [0.2, 0.25) is 0 Å². The molecule has 1 atom stereocenters. The Bertz CT molecular complexity index is 703. The average molecular weight is 333 g/mol. The highest BCUT2D eigenvalue weighted by atomic mass is 79.9. The number of hydrogen-bond acceptors (Lipinski definition) is 3. The molecule has 19 heavy (non-hydrogen) atoms. The van der Waals surface area contributed by atoms with Gasteiger partial charge in [-0.3, -0.25) is 4.98 Å². The monoisotopic (exact) mass is 332 g/mol. The molecule has 1 unspecified atom stereocenters. The summed E-state index contributed by atoms with van der Waals surface area (Å²) in [5, 5.41) is 7.92. The van der Waals surface area contributed by atoms with E-state index in [1.165, 1.54) is 21.2 Å². The Morgan fingerprint density at radius 1 is 1.21 bits per heavy atom. The molecule has 0 saturated heterocycles. The Balaban J connectivity index is 2.20. The number of thiophene rings is 1. The van der Waals surface area contributed by atoms with Gasteiger partial charge in [-0.15, -0.1) is 11.3 Å². The number of aromatic nitrogens is 1. The van der Waals surface area contributed by atoms with Gasteiger partial charge in [-0.05, 0) is 39.8 Å². The molecule has 3 rings (SSSR count). The smallest absolute Gasteiger partial charge is 0.0701 e. The number of pyridine rings is 1. The standard InChI is InChI=1S/C15H13BrN2S/c1-17-14(15-13(16)6-7-19-15)12-9-18-8-10-4-2-3-5-11(10)12/h2-9,14,17H,1H3. The molecule has 0 amide bonds. The molecule has 2 nitrogen and oxygen atoms in total. The number of rotatable bonds is 3. The van der Waals surface area contributed by atoms with Crippen molar-refractivity contribution in [2.24, 2.45) is 0 Å². The average Bonchev–Trinajstić information content (AvgIpc) is 2.86. The van der Waals surface area contributed by atoms with Gasteiger partial charge in [0, 0.05) is 32.7 Å². The van der Waals surface area contributed by atoms with Crippen LogP contribution < -0.4 is 5.32 Å². The number of halogens is 1. The zero-order valence-corrected chi connectivity index (χ0v) is 12.8. The summed E-state index contributed by atoms with van der Waals surface area (Å²) in [4.78, 5) is 5.65. The van der Waals surface area contributed by atoms with E-state index in [1.807, 2.05) is 25.5 Å². The molecule has 2 heterocycles. The summed E-state index contributed by atoms with van der Waals surface area (Å²) in [5.74, 6) is 0. The highest BCUT2D eigenvalue weighted by Gasteiger charge is 2.18. The van der Waals surface area contributed by atoms with Gasteiger partial charge in [0.1, 0.15) is 0 Å². The van der Waals surface area contributed by atoms with Crippen LogP contribution in [0, 0.1) is 0 Å². The summed E-state index contributed by atoms with van der Waals surface area (Å²) < 4.78 is 1.14. The molecule has 2 aromatic heterocycles. The number of nitrogens with zero attached hydrogens (tertiary/aromatic N) is 1. The molecule has 0 radical (unpaired) electrons. The van der Waals surface area contributed by atoms with Crippen molar-refractivity contribution < 1.29 is 0 Å². The molecule has 0 bridgehead atoms. The fourth-order valence-corrected chi connectivity index (χ4v) is 4.04. The van der Waals surface area contributed by atoms with Crippen molar-refractivity contribution in [1.29, 1.82) is 0 Å². The van der Waals surface area contributed by atoms with Crippen LogP contribution in [0.4, 0.5) is 0 Å². The molecular weight excluding hydrogens is 320 g/mol. The fraction of sp³-hybridized carbons (Fsp3) is 0.133. The predicted molar refractivity (Wildman–Crippen MR) is 84.7 cm³/mol. The van der Waals surface area contributed by atoms with E-state index in [-0.39, 0.29) is 6.04 Å². The zero-order valence-electron chi connectivity index (χ0n) is 10.4. The van der Waals surface area contributed by atoms with Crippen LogP contribution in [-0.4, -0.2) is 12.0 Å². The summed E-state index contributed by atoms with van der Waals surface area (Å²) >= 11 is 5.37. The van der Waals surface area contributed by atoms with Crippen molar-refractivity contribution in [2.45, 2.75) is 6.04 Å². The van der Waals surface area contributed by atoms with E-state index >= 15 is 0 Å². The molecule has 0 saturated carbocycles. The van der Waals surface area contributed by atoms with Gasteiger partial charge in [-0.25, -0.2) is 0 Å². The van der Waals surface area contributed by atoms with Gasteiger partial charge in [-0.1, -0.05) is 24.3 Å². The van der Waals surface area contributed by atoms with E-state index < -0.39 is 0 Å². The quantitative estimate of drug-likeness (QED) is 0.770. The molecule has 1 N–H and O–H groups in total. The Labute approximate surface area is 124 Å². The second kappa shape index (κ2) is 5.41. The minimum Gasteiger partial charge on any atom is -0.309 e. The van der Waals surface area contributed by atoms with Crippen LogP contribution >= 0.6 is 27.3 Å². The third kappa shape index (κ3) is 2.31. The van der Waals surface area contributed by atoms with Crippen LogP contribution in [0.15, 0.2) is 52.6 Å². The van der Waals surface area contributed by atoms with Crippen molar-refractivity contribution in [1.82, 2.24) is 10.3 Å². The maximum atomic E-state index is 4.37. The molecule has 4 heteroatoms. The second-order valence-corrected chi connectivity index (χ2v) is 6.11. The van der Waals surface area contributed by atoms with Crippen LogP contribution in [0.3, 0.4) is 0 Å². The van der Waals surface area contributed by atoms with Crippen LogP contribution in [0.25, 0.3) is 10.8 Å². The summed E-state index contributed by atoms with van der Waals surface area (Å²) in [7, 11) is 1.98. The minimum absolute atomic E-state index is 0.160. The largest absolute Gasteiger partial charge is 0.309 e. The molecule has 0 aliphatic carbocycles. The molecule has 1 aromatic carbocycles. The van der Waals surface area contributed by atoms with Crippen molar-refractivity contribution in [3.05, 3.63) is 63.0 Å². The molecule has 0 aliphatic rings. The van der Waals surface area contributed by atoms with Gasteiger partial charge >= 0.3 is 0 Å². The van der Waals surface area contributed by atoms with Crippen molar-refractivity contribution >= 4 is 38.0 Å². The SMILES string of the molecule is CNC(c1sccc1Br)c1cncc2ccccc12. The lowest BCUT2D eigenvalue weighted by Gasteiger charge is -2.17. The lowest BCUT2D eigenvalue weighted by molar-refractivity contribution is 0.704. The van der Waals surface area contributed by atoms with Crippen LogP contribution in [0.1, 0.15) is 16.5 Å². The fourth-order valence-electron chi connectivity index (χ4n) is 2.31. The van der Waals surface area contributed by atoms with Crippen LogP contribution in [-0.2, 0) is 0 Å². The number of hydrogen-bond donors (Lipinski definition) is 1. The van der Waals surface area contributed by atoms with E-state index in [9.17, 15) is 0 Å². The number of benzene rings is 1. The van der Waals surface area contributed by atoms with E-state index in [0.29, 0.717) is 0 Å². The van der Waals surface area contributed by atoms with Gasteiger partial charge in [0.05, 0.1) is 6.04 Å². The van der Waals surface area contributed by atoms with Gasteiger partial charge in [0.15, 0.2) is 0 Å². The predicted octanol–water partition coefficient (Wildman–Crippen LogP) is 4.37. The highest BCUT2D eigenvalue weighted by molar-refractivity contribution is 9.10. The lowest BCUT2D eigenvalue weighted by atomic mass is 10.0. The van der Waals surface area contributed by atoms with E-state index in [2.05, 4.69) is 55.9 Å². The lowest BCUT2D eigenvalue weighted by Crippen LogP contribution is -2.17. The third-order valence-corrected chi connectivity index (χ3v) is 5.14. The third-order valence-electron chi connectivity index (χ3n) is 3.21. The molecular formula is C15H13BrN2S. The van der Waals surface area contributed by atoms with Crippen molar-refractivity contribution in [3.63, 3.8) is 0 Å². The zero-order chi connectivity index (χ0) is 13.2. The van der Waals surface area contributed by atoms with Crippen LogP contribution in [0.5, 0.6) is 0 Å². The first-order chi connectivity index (χ1) is 9.31. The Morgan fingerprint density at radius 3 is 2.79 bits per heavy atom. The van der Waals surface area contributed by atoms with Gasteiger partial charge in [-0.2, -0.15) is 0 Å². The first kappa shape index (κ1) is 12.8. The normalized spacial score (nSPS) is 12.7. The molecule has 96 valence electrons. The maximum Gasteiger partial charge on any atom is 0.0701 e. The minimum atomic E-state index is 0.160. The van der Waals surface area contributed by atoms with E-state index in [4.69, 9.17) is 0 Å². The van der Waals surface area contributed by atoms with E-state index in [0.717, 1.165) is 4.47 Å². The molecule has 0 spiro atoms. The molecule has 0 fully saturated rings. The molecule has 3 aromatic rings. The summed E-state index contributed by atoms with van der Waals surface area (Å²) in [5.41, 5.74) is 1.21. The Hall–Kier alpha value is -1.23. The van der Waals surface area contributed by atoms with Gasteiger partial charge in [0.25, 0.3) is 0 Å². The topological polar surface area (TPSA) is 24.9 Å². The summed E-state index contributed by atoms with van der Waals surface area (Å²) in [6.45, 7) is 0. The maximum absolute atomic E-state index is 4.37. The second-order valence-electron chi connectivity index (χ2n) is 4.30. The Kier molecular flexibility index (Phi) is 3.64. The summed E-state index contributed by atoms with van der Waals surface area (Å²) in [6.07, 6.45) is 3.87. The van der Waals surface area contributed by atoms with Crippen LogP contribution in [0.2, 0.25) is 0 Å². The van der Waals surface area contributed by atoms with Crippen molar-refractivity contribution in [2.75, 3.05) is 7.05 Å². The van der Waals surface area contributed by atoms with Crippen molar-refractivity contribution in [3.8, 4) is 0 Å². The molecule has 0 aliphatic heterocycles. The Morgan fingerprint density at radius 2 is 2.05 bits per heavy atom. The van der Waals surface area contributed by atoms with Gasteiger partial charge < -0.3 is 5.32 Å².